The number of nitriles is 1. The van der Waals surface area contributed by atoms with Crippen molar-refractivity contribution < 1.29 is 4.79 Å². The molecule has 4 heteroatoms. The van der Waals surface area contributed by atoms with Gasteiger partial charge in [-0.1, -0.05) is 38.5 Å². The second kappa shape index (κ2) is 8.61. The number of hydrogen-bond donors (Lipinski definition) is 2. The number of aryl methyl sites for hydroxylation is 2. The van der Waals surface area contributed by atoms with E-state index in [-0.39, 0.29) is 11.5 Å². The molecule has 4 unspecified atom stereocenters. The number of carbonyl (C=O) groups is 1. The average molecular weight is 366 g/mol. The fourth-order valence-corrected chi connectivity index (χ4v) is 4.98. The summed E-state index contributed by atoms with van der Waals surface area (Å²) in [5, 5.41) is 15.8. The molecule has 2 aliphatic carbocycles. The van der Waals surface area contributed by atoms with E-state index < -0.39 is 0 Å². The minimum atomic E-state index is -0.333. The molecule has 2 fully saturated rings. The lowest BCUT2D eigenvalue weighted by Crippen LogP contribution is -2.34. The number of carbonyl (C=O) groups excluding carboxylic acids is 1. The van der Waals surface area contributed by atoms with Gasteiger partial charge in [-0.05, 0) is 67.9 Å². The molecular weight excluding hydrogens is 334 g/mol. The SMILES string of the molecule is CCc1cccc(CC)c1NC(=O)/C(C#N)=C\NC(C)C1CC2CCC1C2. The summed E-state index contributed by atoms with van der Waals surface area (Å²) in [6.07, 6.45) is 8.66. The summed E-state index contributed by atoms with van der Waals surface area (Å²) in [5.41, 5.74) is 3.19. The Hall–Kier alpha value is -2.28. The summed E-state index contributed by atoms with van der Waals surface area (Å²) < 4.78 is 0. The molecule has 0 aliphatic heterocycles. The Kier molecular flexibility index (Phi) is 6.21. The predicted octanol–water partition coefficient (Wildman–Crippen LogP) is 4.57. The molecule has 1 aromatic carbocycles. The first-order valence-corrected chi connectivity index (χ1v) is 10.4. The van der Waals surface area contributed by atoms with Crippen LogP contribution < -0.4 is 10.6 Å². The first-order chi connectivity index (χ1) is 13.1. The molecule has 27 heavy (non-hydrogen) atoms. The van der Waals surface area contributed by atoms with Crippen LogP contribution in [0.1, 0.15) is 57.6 Å². The standard InChI is InChI=1S/C23H31N3O/c1-4-17-7-6-8-18(5-2)22(17)26-23(27)20(13-24)14-25-15(3)21-12-16-9-10-19(21)11-16/h6-8,14-16,19,21,25H,4-5,9-12H2,1-3H3,(H,26,27)/b20-14-. The number of anilines is 1. The van der Waals surface area contributed by atoms with E-state index in [9.17, 15) is 10.1 Å². The Morgan fingerprint density at radius 3 is 2.48 bits per heavy atom. The molecule has 2 N–H and O–H groups in total. The highest BCUT2D eigenvalue weighted by Gasteiger charge is 2.41. The third-order valence-corrected chi connectivity index (χ3v) is 6.53. The quantitative estimate of drug-likeness (QED) is 0.549. The van der Waals surface area contributed by atoms with Crippen molar-refractivity contribution in [1.82, 2.24) is 5.32 Å². The van der Waals surface area contributed by atoms with Gasteiger partial charge in [0.15, 0.2) is 0 Å². The first-order valence-electron chi connectivity index (χ1n) is 10.4. The molecule has 2 aliphatic rings. The van der Waals surface area contributed by atoms with Crippen LogP contribution in [0.5, 0.6) is 0 Å². The maximum absolute atomic E-state index is 12.7. The molecule has 144 valence electrons. The van der Waals surface area contributed by atoms with Crippen molar-refractivity contribution in [3.05, 3.63) is 41.1 Å². The van der Waals surface area contributed by atoms with Crippen LogP contribution in [0.25, 0.3) is 0 Å². The van der Waals surface area contributed by atoms with Gasteiger partial charge in [0.05, 0.1) is 0 Å². The van der Waals surface area contributed by atoms with E-state index in [0.717, 1.165) is 41.5 Å². The summed E-state index contributed by atoms with van der Waals surface area (Å²) >= 11 is 0. The van der Waals surface area contributed by atoms with E-state index in [4.69, 9.17) is 0 Å². The number of para-hydroxylation sites is 1. The van der Waals surface area contributed by atoms with Gasteiger partial charge in [-0.2, -0.15) is 5.26 Å². The molecule has 0 heterocycles. The summed E-state index contributed by atoms with van der Waals surface area (Å²) in [5.74, 6) is 2.04. The number of fused-ring (bicyclic) bond motifs is 2. The third-order valence-electron chi connectivity index (χ3n) is 6.53. The number of benzene rings is 1. The monoisotopic (exact) mass is 365 g/mol. The number of nitrogens with zero attached hydrogens (tertiary/aromatic N) is 1. The van der Waals surface area contributed by atoms with Crippen molar-refractivity contribution in [2.75, 3.05) is 5.32 Å². The molecule has 1 amide bonds. The summed E-state index contributed by atoms with van der Waals surface area (Å²) in [7, 11) is 0. The van der Waals surface area contributed by atoms with E-state index in [0.29, 0.717) is 12.0 Å². The van der Waals surface area contributed by atoms with Gasteiger partial charge < -0.3 is 10.6 Å². The number of amides is 1. The molecule has 0 spiro atoms. The Balaban J connectivity index is 1.68. The van der Waals surface area contributed by atoms with Gasteiger partial charge in [-0.3, -0.25) is 4.79 Å². The van der Waals surface area contributed by atoms with Crippen molar-refractivity contribution >= 4 is 11.6 Å². The lowest BCUT2D eigenvalue weighted by molar-refractivity contribution is -0.112. The van der Waals surface area contributed by atoms with Gasteiger partial charge in [0.2, 0.25) is 0 Å². The zero-order valence-electron chi connectivity index (χ0n) is 16.7. The summed E-state index contributed by atoms with van der Waals surface area (Å²) in [4.78, 5) is 12.7. The van der Waals surface area contributed by atoms with E-state index in [1.807, 2.05) is 18.2 Å². The average Bonchev–Trinajstić information content (AvgIpc) is 3.32. The molecule has 0 aromatic heterocycles. The van der Waals surface area contributed by atoms with E-state index in [1.165, 1.54) is 25.7 Å². The summed E-state index contributed by atoms with van der Waals surface area (Å²) in [6, 6.07) is 8.44. The van der Waals surface area contributed by atoms with Crippen molar-refractivity contribution in [2.45, 2.75) is 65.3 Å². The van der Waals surface area contributed by atoms with E-state index in [1.54, 1.807) is 6.20 Å². The zero-order valence-corrected chi connectivity index (χ0v) is 16.7. The van der Waals surface area contributed by atoms with Crippen LogP contribution in [0.2, 0.25) is 0 Å². The largest absolute Gasteiger partial charge is 0.387 e. The van der Waals surface area contributed by atoms with Crippen LogP contribution in [0.4, 0.5) is 5.69 Å². The molecule has 4 atom stereocenters. The van der Waals surface area contributed by atoms with Crippen molar-refractivity contribution in [3.8, 4) is 6.07 Å². The minimum Gasteiger partial charge on any atom is -0.387 e. The summed E-state index contributed by atoms with van der Waals surface area (Å²) in [6.45, 7) is 6.32. The third kappa shape index (κ3) is 4.18. The number of nitrogens with one attached hydrogen (secondary N) is 2. The van der Waals surface area contributed by atoms with Crippen LogP contribution >= 0.6 is 0 Å². The van der Waals surface area contributed by atoms with Gasteiger partial charge in [0.1, 0.15) is 11.6 Å². The van der Waals surface area contributed by atoms with E-state index >= 15 is 0 Å². The second-order valence-electron chi connectivity index (χ2n) is 8.08. The normalized spacial score (nSPS) is 25.1. The lowest BCUT2D eigenvalue weighted by Gasteiger charge is -2.28. The zero-order chi connectivity index (χ0) is 19.4. The minimum absolute atomic E-state index is 0.137. The van der Waals surface area contributed by atoms with E-state index in [2.05, 4.69) is 37.5 Å². The van der Waals surface area contributed by atoms with Gasteiger partial charge >= 0.3 is 0 Å². The molecule has 3 rings (SSSR count). The van der Waals surface area contributed by atoms with Gasteiger partial charge in [-0.25, -0.2) is 0 Å². The molecule has 2 bridgehead atoms. The first kappa shape index (κ1) is 19.5. The maximum Gasteiger partial charge on any atom is 0.267 e. The van der Waals surface area contributed by atoms with Crippen molar-refractivity contribution in [1.29, 1.82) is 5.26 Å². The van der Waals surface area contributed by atoms with Gasteiger partial charge in [-0.15, -0.1) is 0 Å². The highest BCUT2D eigenvalue weighted by molar-refractivity contribution is 6.07. The maximum atomic E-state index is 12.7. The number of hydrogen-bond acceptors (Lipinski definition) is 3. The van der Waals surface area contributed by atoms with Crippen LogP contribution in [0.3, 0.4) is 0 Å². The molecule has 4 nitrogen and oxygen atoms in total. The molecule has 2 saturated carbocycles. The molecule has 1 aromatic rings. The molecular formula is C23H31N3O. The molecule has 0 saturated heterocycles. The topological polar surface area (TPSA) is 64.9 Å². The highest BCUT2D eigenvalue weighted by atomic mass is 16.1. The van der Waals surface area contributed by atoms with Crippen molar-refractivity contribution in [2.24, 2.45) is 17.8 Å². The number of rotatable bonds is 7. The van der Waals surface area contributed by atoms with Gasteiger partial charge in [0, 0.05) is 17.9 Å². The molecule has 0 radical (unpaired) electrons. The van der Waals surface area contributed by atoms with Crippen molar-refractivity contribution in [3.63, 3.8) is 0 Å². The Morgan fingerprint density at radius 2 is 1.96 bits per heavy atom. The lowest BCUT2D eigenvalue weighted by atomic mass is 9.84. The van der Waals surface area contributed by atoms with Crippen LogP contribution in [0.15, 0.2) is 30.0 Å². The predicted molar refractivity (Wildman–Crippen MR) is 109 cm³/mol. The smallest absolute Gasteiger partial charge is 0.267 e. The second-order valence-corrected chi connectivity index (χ2v) is 8.08. The van der Waals surface area contributed by atoms with Crippen LogP contribution in [-0.2, 0) is 17.6 Å². The Bertz CT molecular complexity index is 739. The van der Waals surface area contributed by atoms with Crippen LogP contribution in [0, 0.1) is 29.1 Å². The van der Waals surface area contributed by atoms with Crippen LogP contribution in [-0.4, -0.2) is 11.9 Å². The fraction of sp³-hybridized carbons (Fsp3) is 0.565. The Morgan fingerprint density at radius 1 is 1.26 bits per heavy atom. The fourth-order valence-electron chi connectivity index (χ4n) is 4.98. The Labute approximate surface area is 163 Å². The van der Waals surface area contributed by atoms with Gasteiger partial charge in [0.25, 0.3) is 5.91 Å². The highest BCUT2D eigenvalue weighted by Crippen LogP contribution is 2.49.